The maximum Gasteiger partial charge on any atom is 1.00 e. The van der Waals surface area contributed by atoms with E-state index in [2.05, 4.69) is 13.5 Å². The van der Waals surface area contributed by atoms with Crippen molar-refractivity contribution in [3.05, 3.63) is 12.1 Å². The second kappa shape index (κ2) is 8.47. The van der Waals surface area contributed by atoms with Crippen molar-refractivity contribution in [2.45, 2.75) is 45.1 Å². The predicted octanol–water partition coefficient (Wildman–Crippen LogP) is 0.834. The van der Waals surface area contributed by atoms with Gasteiger partial charge in [-0.3, -0.25) is 0 Å². The molecule has 100 valence electrons. The van der Waals surface area contributed by atoms with Crippen molar-refractivity contribution in [2.75, 3.05) is 13.6 Å². The molecule has 1 fully saturated rings. The van der Waals surface area contributed by atoms with Crippen LogP contribution in [0.15, 0.2) is 12.1 Å². The summed E-state index contributed by atoms with van der Waals surface area (Å²) in [6, 6.07) is 0.299. The fourth-order valence-corrected chi connectivity index (χ4v) is 2.55. The molecule has 0 unspecified atom stereocenters. The van der Waals surface area contributed by atoms with Gasteiger partial charge in [-0.2, -0.15) is 0 Å². The molecule has 1 nitrogen and oxygen atoms in total. The summed E-state index contributed by atoms with van der Waals surface area (Å²) < 4.78 is 37.3. The van der Waals surface area contributed by atoms with Crippen LogP contribution < -0.4 is 51.4 Å². The molecule has 0 N–H and O–H groups in total. The van der Waals surface area contributed by atoms with Crippen molar-refractivity contribution < 1.29 is 64.3 Å². The number of hydrogen-bond donors (Lipinski definition) is 0. The van der Waals surface area contributed by atoms with Gasteiger partial charge in [0.25, 0.3) is 0 Å². The molecule has 1 saturated carbocycles. The Bertz CT molecular complexity index is 263. The first-order valence-corrected chi connectivity index (χ1v) is 6.42. The van der Waals surface area contributed by atoms with E-state index in [-0.39, 0.29) is 57.9 Å². The van der Waals surface area contributed by atoms with E-state index in [1.165, 1.54) is 6.42 Å². The maximum atomic E-state index is 12.4. The topological polar surface area (TPSA) is 3.24 Å². The summed E-state index contributed by atoms with van der Waals surface area (Å²) in [5.41, 5.74) is -0.579. The second-order valence-electron chi connectivity index (χ2n) is 5.23. The molecule has 0 spiro atoms. The molecule has 18 heavy (non-hydrogen) atoms. The first kappa shape index (κ1) is 19.2. The van der Waals surface area contributed by atoms with Crippen LogP contribution in [0.2, 0.25) is 0 Å². The fraction of sp³-hybridized carbons (Fsp3) is 0.833. The minimum absolute atomic E-state index is 0. The third-order valence-electron chi connectivity index (χ3n) is 3.93. The van der Waals surface area contributed by atoms with Crippen molar-refractivity contribution in [3.8, 4) is 0 Å². The Balaban J connectivity index is 0.00000289. The van der Waals surface area contributed by atoms with Gasteiger partial charge in [-0.05, 0) is 45.2 Å². The molecule has 6 heteroatoms. The Kier molecular flexibility index (Phi) is 9.03. The predicted molar refractivity (Wildman–Crippen MR) is 66.9 cm³/mol. The van der Waals surface area contributed by atoms with Gasteiger partial charge < -0.3 is 17.8 Å². The van der Waals surface area contributed by atoms with Crippen molar-refractivity contribution >= 4 is 6.98 Å². The average molecular weight is 287 g/mol. The summed E-state index contributed by atoms with van der Waals surface area (Å²) in [5.74, 6) is 0.773. The van der Waals surface area contributed by atoms with E-state index in [4.69, 9.17) is 0 Å². The minimum Gasteiger partial charge on any atom is -0.445 e. The molecule has 0 aromatic heterocycles. The van der Waals surface area contributed by atoms with E-state index in [1.54, 1.807) is 7.05 Å². The zero-order valence-electron chi connectivity index (χ0n) is 11.8. The Labute approximate surface area is 151 Å². The maximum absolute atomic E-state index is 12.4. The van der Waals surface area contributed by atoms with Gasteiger partial charge in [0.05, 0.1) is 0 Å². The molecular formula is C12H22BF3KN. The smallest absolute Gasteiger partial charge is 0.445 e. The minimum atomic E-state index is -4.88. The molecule has 0 amide bonds. The third kappa shape index (κ3) is 6.10. The normalized spacial score (nSPS) is 24.8. The summed E-state index contributed by atoms with van der Waals surface area (Å²) >= 11 is 0. The van der Waals surface area contributed by atoms with Crippen molar-refractivity contribution in [3.63, 3.8) is 0 Å². The Morgan fingerprint density at radius 2 is 1.72 bits per heavy atom. The molecule has 0 aromatic carbocycles. The van der Waals surface area contributed by atoms with E-state index in [0.717, 1.165) is 31.6 Å². The van der Waals surface area contributed by atoms with Gasteiger partial charge >= 0.3 is 58.4 Å². The molecule has 0 atom stereocenters. The molecule has 0 aliphatic heterocycles. The Morgan fingerprint density at radius 1 is 1.22 bits per heavy atom. The van der Waals surface area contributed by atoms with Crippen LogP contribution in [-0.4, -0.2) is 31.5 Å². The Hall–Kier alpha value is 1.19. The van der Waals surface area contributed by atoms with Crippen molar-refractivity contribution in [2.24, 2.45) is 5.92 Å². The molecular weight excluding hydrogens is 265 g/mol. The zero-order chi connectivity index (χ0) is 13.1. The third-order valence-corrected chi connectivity index (χ3v) is 3.93. The second-order valence-corrected chi connectivity index (χ2v) is 5.23. The van der Waals surface area contributed by atoms with Crippen LogP contribution in [0.1, 0.15) is 39.0 Å². The first-order chi connectivity index (χ1) is 7.84. The molecule has 1 aliphatic rings. The summed E-state index contributed by atoms with van der Waals surface area (Å²) in [5, 5.41) is 0. The summed E-state index contributed by atoms with van der Waals surface area (Å²) in [6.45, 7) is 0.420. The van der Waals surface area contributed by atoms with Gasteiger partial charge in [-0.25, -0.2) is 0 Å². The van der Waals surface area contributed by atoms with Gasteiger partial charge in [0.15, 0.2) is 0 Å². The van der Waals surface area contributed by atoms with Crippen LogP contribution in [-0.2, 0) is 0 Å². The molecule has 0 bridgehead atoms. The van der Waals surface area contributed by atoms with Crippen molar-refractivity contribution in [1.82, 2.24) is 4.90 Å². The number of likely N-dealkylation sites (N-methyl/N-ethyl adjacent to an activating group) is 1. The SMILES string of the molecule is C=C(CN(C)C1CCC(CC)CC1)[B-](F)(F)F.[K+]. The van der Waals surface area contributed by atoms with E-state index >= 15 is 0 Å². The van der Waals surface area contributed by atoms with E-state index in [1.807, 2.05) is 4.90 Å². The quantitative estimate of drug-likeness (QED) is 0.677. The van der Waals surface area contributed by atoms with Gasteiger partial charge in [-0.15, -0.1) is 12.1 Å². The van der Waals surface area contributed by atoms with E-state index in [9.17, 15) is 12.9 Å². The molecule has 0 saturated heterocycles. The van der Waals surface area contributed by atoms with Gasteiger partial charge in [0.2, 0.25) is 0 Å². The number of hydrogen-bond acceptors (Lipinski definition) is 1. The molecule has 0 radical (unpaired) electrons. The number of nitrogens with zero attached hydrogens (tertiary/aromatic N) is 1. The Morgan fingerprint density at radius 3 is 2.11 bits per heavy atom. The van der Waals surface area contributed by atoms with Crippen LogP contribution >= 0.6 is 0 Å². The average Bonchev–Trinajstić information content (AvgIpc) is 2.27. The van der Waals surface area contributed by atoms with Crippen LogP contribution in [0.25, 0.3) is 0 Å². The first-order valence-electron chi connectivity index (χ1n) is 6.42. The van der Waals surface area contributed by atoms with Gasteiger partial charge in [0.1, 0.15) is 0 Å². The zero-order valence-corrected chi connectivity index (χ0v) is 14.9. The van der Waals surface area contributed by atoms with Crippen LogP contribution in [0.4, 0.5) is 12.9 Å². The number of rotatable bonds is 5. The van der Waals surface area contributed by atoms with Gasteiger partial charge in [0, 0.05) is 6.04 Å². The summed E-state index contributed by atoms with van der Waals surface area (Å²) in [4.78, 5) is 1.82. The molecule has 0 heterocycles. The summed E-state index contributed by atoms with van der Waals surface area (Å²) in [7, 11) is 1.78. The van der Waals surface area contributed by atoms with E-state index < -0.39 is 12.4 Å². The largest absolute Gasteiger partial charge is 1.00 e. The van der Waals surface area contributed by atoms with Gasteiger partial charge in [-0.1, -0.05) is 13.3 Å². The molecule has 1 rings (SSSR count). The molecule has 1 aliphatic carbocycles. The monoisotopic (exact) mass is 287 g/mol. The van der Waals surface area contributed by atoms with Crippen molar-refractivity contribution in [1.29, 1.82) is 0 Å². The van der Waals surface area contributed by atoms with E-state index in [0.29, 0.717) is 6.04 Å². The van der Waals surface area contributed by atoms with Crippen LogP contribution in [0.5, 0.6) is 0 Å². The number of halogens is 3. The fourth-order valence-electron chi connectivity index (χ4n) is 2.55. The standard InChI is InChI=1S/C12H22BF3N.K/c1-4-11-5-7-12(8-6-11)17(3)9-10(2)13(14,15)16;/h11-12H,2,4-9H2,1,3H3;/q-1;+1. The van der Waals surface area contributed by atoms with Crippen LogP contribution in [0, 0.1) is 5.92 Å². The van der Waals surface area contributed by atoms with Crippen LogP contribution in [0.3, 0.4) is 0 Å². The molecule has 0 aromatic rings. The summed E-state index contributed by atoms with van der Waals surface area (Å²) in [6.07, 6.45) is 5.53.